The van der Waals surface area contributed by atoms with Crippen molar-refractivity contribution in [3.63, 3.8) is 0 Å². The van der Waals surface area contributed by atoms with E-state index in [4.69, 9.17) is 11.6 Å². The van der Waals surface area contributed by atoms with Crippen molar-refractivity contribution < 1.29 is 9.59 Å². The van der Waals surface area contributed by atoms with Gasteiger partial charge in [-0.25, -0.2) is 0 Å². The molecule has 5 heteroatoms. The topological polar surface area (TPSA) is 49.4 Å². The van der Waals surface area contributed by atoms with Crippen molar-refractivity contribution in [1.82, 2.24) is 10.2 Å². The van der Waals surface area contributed by atoms with Crippen LogP contribution in [-0.2, 0) is 35.4 Å². The standard InChI is InChI=1S/C33H33ClN2O2/c34-30-19-16-29(17-20-30)25-36(32(37)21-18-26-10-4-1-5-11-26)31(24-28-14-8-3-9-15-28)33(38)35-23-22-27-12-6-2-7-13-27/h1-17,19-20,31H,18,21-25H2,(H,35,38). The van der Waals surface area contributed by atoms with Gasteiger partial charge < -0.3 is 10.2 Å². The van der Waals surface area contributed by atoms with Gasteiger partial charge >= 0.3 is 0 Å². The average Bonchev–Trinajstić information content (AvgIpc) is 2.96. The molecular formula is C33H33ClN2O2. The summed E-state index contributed by atoms with van der Waals surface area (Å²) in [6.07, 6.45) is 2.09. The third-order valence-corrected chi connectivity index (χ3v) is 6.82. The van der Waals surface area contributed by atoms with E-state index in [-0.39, 0.29) is 11.8 Å². The lowest BCUT2D eigenvalue weighted by molar-refractivity contribution is -0.141. The van der Waals surface area contributed by atoms with E-state index < -0.39 is 6.04 Å². The van der Waals surface area contributed by atoms with Crippen molar-refractivity contribution in [1.29, 1.82) is 0 Å². The van der Waals surface area contributed by atoms with Crippen molar-refractivity contribution in [2.24, 2.45) is 0 Å². The summed E-state index contributed by atoms with van der Waals surface area (Å²) in [5.74, 6) is -0.199. The van der Waals surface area contributed by atoms with Crippen molar-refractivity contribution in [2.45, 2.75) is 38.3 Å². The number of nitrogens with one attached hydrogen (secondary N) is 1. The Bertz CT molecular complexity index is 1280. The van der Waals surface area contributed by atoms with Crippen LogP contribution in [0.5, 0.6) is 0 Å². The number of hydrogen-bond donors (Lipinski definition) is 1. The van der Waals surface area contributed by atoms with E-state index in [1.807, 2.05) is 115 Å². The SMILES string of the molecule is O=C(NCCc1ccccc1)C(Cc1ccccc1)N(Cc1ccc(Cl)cc1)C(=O)CCc1ccccc1. The Hall–Kier alpha value is -3.89. The zero-order valence-electron chi connectivity index (χ0n) is 21.4. The third-order valence-electron chi connectivity index (χ3n) is 6.56. The molecule has 4 aromatic rings. The summed E-state index contributed by atoms with van der Waals surface area (Å²) in [5.41, 5.74) is 4.19. The van der Waals surface area contributed by atoms with E-state index in [1.54, 1.807) is 4.90 Å². The lowest BCUT2D eigenvalue weighted by atomic mass is 10.0. The van der Waals surface area contributed by atoms with E-state index in [0.717, 1.165) is 28.7 Å². The molecule has 0 aliphatic heterocycles. The Morgan fingerprint density at radius 3 is 1.76 bits per heavy atom. The van der Waals surface area contributed by atoms with Gasteiger partial charge in [0, 0.05) is 31.0 Å². The van der Waals surface area contributed by atoms with Crippen LogP contribution < -0.4 is 5.32 Å². The Labute approximate surface area is 230 Å². The van der Waals surface area contributed by atoms with Crippen molar-refractivity contribution in [2.75, 3.05) is 6.54 Å². The fraction of sp³-hybridized carbons (Fsp3) is 0.212. The van der Waals surface area contributed by atoms with E-state index in [9.17, 15) is 9.59 Å². The first kappa shape index (κ1) is 27.2. The molecule has 194 valence electrons. The maximum absolute atomic E-state index is 13.7. The number of benzene rings is 4. The van der Waals surface area contributed by atoms with Crippen LogP contribution in [0.25, 0.3) is 0 Å². The minimum Gasteiger partial charge on any atom is -0.354 e. The zero-order valence-corrected chi connectivity index (χ0v) is 22.2. The number of halogens is 1. The van der Waals surface area contributed by atoms with Gasteiger partial charge in [-0.15, -0.1) is 0 Å². The summed E-state index contributed by atoms with van der Waals surface area (Å²) in [5, 5.41) is 3.74. The quantitative estimate of drug-likeness (QED) is 0.237. The molecule has 0 aromatic heterocycles. The highest BCUT2D eigenvalue weighted by Gasteiger charge is 2.30. The normalized spacial score (nSPS) is 11.5. The summed E-state index contributed by atoms with van der Waals surface area (Å²) in [4.78, 5) is 29.1. The van der Waals surface area contributed by atoms with Gasteiger partial charge in [0.05, 0.1) is 0 Å². The smallest absolute Gasteiger partial charge is 0.243 e. The molecule has 0 heterocycles. The van der Waals surface area contributed by atoms with Crippen LogP contribution in [0.4, 0.5) is 0 Å². The molecular weight excluding hydrogens is 492 g/mol. The zero-order chi connectivity index (χ0) is 26.6. The maximum atomic E-state index is 13.7. The number of aryl methyl sites for hydroxylation is 1. The monoisotopic (exact) mass is 524 g/mol. The van der Waals surface area contributed by atoms with Crippen LogP contribution in [0.2, 0.25) is 5.02 Å². The highest BCUT2D eigenvalue weighted by atomic mass is 35.5. The molecule has 0 spiro atoms. The van der Waals surface area contributed by atoms with Crippen LogP contribution in [0.15, 0.2) is 115 Å². The Balaban J connectivity index is 1.56. The van der Waals surface area contributed by atoms with Crippen LogP contribution in [0.1, 0.15) is 28.7 Å². The maximum Gasteiger partial charge on any atom is 0.243 e. The molecule has 1 unspecified atom stereocenters. The number of hydrogen-bond acceptors (Lipinski definition) is 2. The van der Waals surface area contributed by atoms with E-state index in [0.29, 0.717) is 37.4 Å². The summed E-state index contributed by atoms with van der Waals surface area (Å²) in [6.45, 7) is 0.829. The largest absolute Gasteiger partial charge is 0.354 e. The van der Waals surface area contributed by atoms with Crippen LogP contribution in [0, 0.1) is 0 Å². The molecule has 0 bridgehead atoms. The van der Waals surface area contributed by atoms with Crippen molar-refractivity contribution in [3.8, 4) is 0 Å². The highest BCUT2D eigenvalue weighted by Crippen LogP contribution is 2.18. The Morgan fingerprint density at radius 1 is 0.658 bits per heavy atom. The van der Waals surface area contributed by atoms with Crippen LogP contribution in [-0.4, -0.2) is 29.3 Å². The second-order valence-corrected chi connectivity index (χ2v) is 9.80. The predicted octanol–water partition coefficient (Wildman–Crippen LogP) is 6.27. The molecule has 1 atom stereocenters. The summed E-state index contributed by atoms with van der Waals surface area (Å²) in [6, 6.07) is 36.7. The number of carbonyl (C=O) groups is 2. The van der Waals surface area contributed by atoms with Gasteiger partial charge in [0.15, 0.2) is 0 Å². The Kier molecular flexibility index (Phi) is 10.1. The van der Waals surface area contributed by atoms with Gasteiger partial charge in [-0.05, 0) is 47.2 Å². The Morgan fingerprint density at radius 2 is 1.18 bits per heavy atom. The minimum absolute atomic E-state index is 0.0528. The lowest BCUT2D eigenvalue weighted by Gasteiger charge is -2.32. The molecule has 0 saturated carbocycles. The first-order valence-corrected chi connectivity index (χ1v) is 13.4. The summed E-state index contributed by atoms with van der Waals surface area (Å²) in [7, 11) is 0. The lowest BCUT2D eigenvalue weighted by Crippen LogP contribution is -2.50. The molecule has 4 rings (SSSR count). The average molecular weight is 525 g/mol. The summed E-state index contributed by atoms with van der Waals surface area (Å²) < 4.78 is 0. The third kappa shape index (κ3) is 8.32. The molecule has 1 N–H and O–H groups in total. The van der Waals surface area contributed by atoms with Crippen LogP contribution in [0.3, 0.4) is 0 Å². The molecule has 2 amide bonds. The van der Waals surface area contributed by atoms with Crippen molar-refractivity contribution >= 4 is 23.4 Å². The van der Waals surface area contributed by atoms with E-state index in [1.165, 1.54) is 0 Å². The highest BCUT2D eigenvalue weighted by molar-refractivity contribution is 6.30. The van der Waals surface area contributed by atoms with Gasteiger partial charge in [-0.1, -0.05) is 115 Å². The molecule has 0 radical (unpaired) electrons. The first-order chi connectivity index (χ1) is 18.6. The first-order valence-electron chi connectivity index (χ1n) is 13.0. The predicted molar refractivity (Wildman–Crippen MR) is 154 cm³/mol. The van der Waals surface area contributed by atoms with Gasteiger partial charge in [-0.2, -0.15) is 0 Å². The number of rotatable bonds is 12. The molecule has 4 nitrogen and oxygen atoms in total. The molecule has 0 saturated heterocycles. The van der Waals surface area contributed by atoms with Gasteiger partial charge in [-0.3, -0.25) is 9.59 Å². The minimum atomic E-state index is -0.646. The molecule has 38 heavy (non-hydrogen) atoms. The second-order valence-electron chi connectivity index (χ2n) is 9.37. The van der Waals surface area contributed by atoms with Crippen molar-refractivity contribution in [3.05, 3.63) is 143 Å². The van der Waals surface area contributed by atoms with E-state index >= 15 is 0 Å². The van der Waals surface area contributed by atoms with Gasteiger partial charge in [0.25, 0.3) is 0 Å². The molecule has 0 fully saturated rings. The number of nitrogens with zero attached hydrogens (tertiary/aromatic N) is 1. The summed E-state index contributed by atoms with van der Waals surface area (Å²) >= 11 is 6.11. The molecule has 0 aliphatic rings. The van der Waals surface area contributed by atoms with Gasteiger partial charge in [0.2, 0.25) is 11.8 Å². The van der Waals surface area contributed by atoms with Gasteiger partial charge in [0.1, 0.15) is 6.04 Å². The second kappa shape index (κ2) is 14.2. The molecule has 4 aromatic carbocycles. The van der Waals surface area contributed by atoms with E-state index in [2.05, 4.69) is 5.32 Å². The fourth-order valence-electron chi connectivity index (χ4n) is 4.47. The number of carbonyl (C=O) groups excluding carboxylic acids is 2. The fourth-order valence-corrected chi connectivity index (χ4v) is 4.60. The molecule has 0 aliphatic carbocycles. The van der Waals surface area contributed by atoms with Crippen LogP contribution >= 0.6 is 11.6 Å². The number of amides is 2.